The first-order valence-electron chi connectivity index (χ1n) is 7.55. The maximum absolute atomic E-state index is 12.6. The Morgan fingerprint density at radius 3 is 2.60 bits per heavy atom. The van der Waals surface area contributed by atoms with Gasteiger partial charge in [-0.25, -0.2) is 0 Å². The molecule has 2 aromatic rings. The van der Waals surface area contributed by atoms with Gasteiger partial charge in [0.1, 0.15) is 0 Å². The zero-order chi connectivity index (χ0) is 14.5. The Labute approximate surface area is 121 Å². The third-order valence-electron chi connectivity index (χ3n) is 4.10. The minimum atomic E-state index is 0.135. The van der Waals surface area contributed by atoms with Crippen LogP contribution >= 0.6 is 0 Å². The summed E-state index contributed by atoms with van der Waals surface area (Å²) < 4.78 is 0. The van der Waals surface area contributed by atoms with Gasteiger partial charge in [0.15, 0.2) is 0 Å². The largest absolute Gasteiger partial charge is 0.361 e. The molecular weight excluding hydrogens is 248 g/mol. The van der Waals surface area contributed by atoms with Crippen LogP contribution in [-0.4, -0.2) is 28.9 Å². The molecule has 3 heteroatoms. The highest BCUT2D eigenvalue weighted by atomic mass is 16.2. The van der Waals surface area contributed by atoms with E-state index in [9.17, 15) is 4.79 Å². The minimum Gasteiger partial charge on any atom is -0.361 e. The molecule has 0 unspecified atom stereocenters. The zero-order valence-corrected chi connectivity index (χ0v) is 12.6. The van der Waals surface area contributed by atoms with E-state index in [-0.39, 0.29) is 5.91 Å². The number of amides is 1. The first kappa shape index (κ1) is 14.6. The van der Waals surface area contributed by atoms with Gasteiger partial charge in [-0.3, -0.25) is 4.79 Å². The average molecular weight is 272 g/mol. The molecule has 20 heavy (non-hydrogen) atoms. The fraction of sp³-hybridized carbons (Fsp3) is 0.471. The SMILES string of the molecule is CCC(CC)CN(CC)C(=O)c1ccc2cc[nH]c2c1. The molecule has 0 aliphatic carbocycles. The average Bonchev–Trinajstić information content (AvgIpc) is 2.95. The summed E-state index contributed by atoms with van der Waals surface area (Å²) in [6, 6.07) is 7.90. The lowest BCUT2D eigenvalue weighted by Gasteiger charge is -2.25. The third kappa shape index (κ3) is 3.03. The lowest BCUT2D eigenvalue weighted by atomic mass is 10.0. The van der Waals surface area contributed by atoms with Crippen molar-refractivity contribution in [2.45, 2.75) is 33.6 Å². The highest BCUT2D eigenvalue weighted by Gasteiger charge is 2.17. The van der Waals surface area contributed by atoms with Crippen LogP contribution in [0, 0.1) is 5.92 Å². The third-order valence-corrected chi connectivity index (χ3v) is 4.10. The second-order valence-electron chi connectivity index (χ2n) is 5.31. The van der Waals surface area contributed by atoms with Crippen LogP contribution in [0.4, 0.5) is 0 Å². The zero-order valence-electron chi connectivity index (χ0n) is 12.6. The Balaban J connectivity index is 2.18. The first-order chi connectivity index (χ1) is 9.69. The molecule has 1 heterocycles. The summed E-state index contributed by atoms with van der Waals surface area (Å²) in [5, 5.41) is 1.14. The van der Waals surface area contributed by atoms with Crippen LogP contribution in [0.25, 0.3) is 10.9 Å². The highest BCUT2D eigenvalue weighted by molar-refractivity contribution is 5.97. The van der Waals surface area contributed by atoms with Gasteiger partial charge in [-0.15, -0.1) is 0 Å². The van der Waals surface area contributed by atoms with E-state index >= 15 is 0 Å². The van der Waals surface area contributed by atoms with E-state index in [0.717, 1.165) is 42.4 Å². The Hall–Kier alpha value is -1.77. The van der Waals surface area contributed by atoms with Crippen molar-refractivity contribution < 1.29 is 4.79 Å². The second-order valence-corrected chi connectivity index (χ2v) is 5.31. The van der Waals surface area contributed by atoms with Gasteiger partial charge in [-0.05, 0) is 36.4 Å². The van der Waals surface area contributed by atoms with Crippen molar-refractivity contribution in [3.05, 3.63) is 36.0 Å². The summed E-state index contributed by atoms with van der Waals surface area (Å²) in [4.78, 5) is 17.7. The van der Waals surface area contributed by atoms with Crippen molar-refractivity contribution in [1.29, 1.82) is 0 Å². The minimum absolute atomic E-state index is 0.135. The summed E-state index contributed by atoms with van der Waals surface area (Å²) in [6.07, 6.45) is 4.15. The molecule has 0 radical (unpaired) electrons. The molecule has 0 aliphatic rings. The first-order valence-corrected chi connectivity index (χ1v) is 7.55. The Morgan fingerprint density at radius 2 is 1.95 bits per heavy atom. The molecule has 0 bridgehead atoms. The Bertz CT molecular complexity index is 569. The van der Waals surface area contributed by atoms with Crippen LogP contribution in [0.2, 0.25) is 0 Å². The van der Waals surface area contributed by atoms with Crippen LogP contribution in [0.1, 0.15) is 44.0 Å². The molecule has 0 atom stereocenters. The standard InChI is InChI=1S/C17H24N2O/c1-4-13(5-2)12-19(6-3)17(20)15-8-7-14-9-10-18-16(14)11-15/h7-11,13,18H,4-6,12H2,1-3H3. The van der Waals surface area contributed by atoms with E-state index in [0.29, 0.717) is 5.92 Å². The summed E-state index contributed by atoms with van der Waals surface area (Å²) >= 11 is 0. The molecule has 3 nitrogen and oxygen atoms in total. The number of H-pyrrole nitrogens is 1. The number of rotatable bonds is 6. The van der Waals surface area contributed by atoms with Crippen LogP contribution in [0.3, 0.4) is 0 Å². The van der Waals surface area contributed by atoms with Crippen LogP contribution in [-0.2, 0) is 0 Å². The molecule has 0 spiro atoms. The van der Waals surface area contributed by atoms with E-state index < -0.39 is 0 Å². The number of hydrogen-bond donors (Lipinski definition) is 1. The molecule has 1 aromatic carbocycles. The lowest BCUT2D eigenvalue weighted by molar-refractivity contribution is 0.0735. The number of benzene rings is 1. The van der Waals surface area contributed by atoms with Crippen molar-refractivity contribution >= 4 is 16.8 Å². The molecule has 0 saturated heterocycles. The van der Waals surface area contributed by atoms with Crippen molar-refractivity contribution in [1.82, 2.24) is 9.88 Å². The smallest absolute Gasteiger partial charge is 0.253 e. The monoisotopic (exact) mass is 272 g/mol. The number of nitrogens with zero attached hydrogens (tertiary/aromatic N) is 1. The maximum Gasteiger partial charge on any atom is 0.253 e. The topological polar surface area (TPSA) is 36.1 Å². The van der Waals surface area contributed by atoms with Crippen LogP contribution < -0.4 is 0 Å². The number of aromatic nitrogens is 1. The number of hydrogen-bond acceptors (Lipinski definition) is 1. The molecule has 1 aromatic heterocycles. The van der Waals surface area contributed by atoms with Gasteiger partial charge in [0, 0.05) is 30.4 Å². The van der Waals surface area contributed by atoms with Crippen molar-refractivity contribution in [2.24, 2.45) is 5.92 Å². The van der Waals surface area contributed by atoms with Crippen molar-refractivity contribution in [2.75, 3.05) is 13.1 Å². The van der Waals surface area contributed by atoms with Crippen LogP contribution in [0.5, 0.6) is 0 Å². The number of carbonyl (C=O) groups excluding carboxylic acids is 1. The number of nitrogens with one attached hydrogen (secondary N) is 1. The van der Waals surface area contributed by atoms with Gasteiger partial charge >= 0.3 is 0 Å². The summed E-state index contributed by atoms with van der Waals surface area (Å²) in [5.74, 6) is 0.726. The van der Waals surface area contributed by atoms with E-state index in [4.69, 9.17) is 0 Å². The van der Waals surface area contributed by atoms with Crippen molar-refractivity contribution in [3.8, 4) is 0 Å². The normalized spacial score (nSPS) is 11.2. The predicted molar refractivity (Wildman–Crippen MR) is 83.9 cm³/mol. The van der Waals surface area contributed by atoms with Crippen LogP contribution in [0.15, 0.2) is 30.5 Å². The van der Waals surface area contributed by atoms with E-state index in [1.807, 2.05) is 42.3 Å². The summed E-state index contributed by atoms with van der Waals surface area (Å²) in [5.41, 5.74) is 1.79. The maximum atomic E-state index is 12.6. The molecule has 0 aliphatic heterocycles. The highest BCUT2D eigenvalue weighted by Crippen LogP contribution is 2.17. The molecular formula is C17H24N2O. The molecule has 1 N–H and O–H groups in total. The lowest BCUT2D eigenvalue weighted by Crippen LogP contribution is -2.35. The second kappa shape index (κ2) is 6.60. The van der Waals surface area contributed by atoms with Gasteiger partial charge in [0.25, 0.3) is 5.91 Å². The van der Waals surface area contributed by atoms with Crippen molar-refractivity contribution in [3.63, 3.8) is 0 Å². The molecule has 0 fully saturated rings. The Morgan fingerprint density at radius 1 is 1.20 bits per heavy atom. The quantitative estimate of drug-likeness (QED) is 0.845. The molecule has 0 saturated carbocycles. The van der Waals surface area contributed by atoms with Gasteiger partial charge in [-0.1, -0.05) is 32.8 Å². The number of carbonyl (C=O) groups is 1. The fourth-order valence-electron chi connectivity index (χ4n) is 2.58. The molecule has 1 amide bonds. The van der Waals surface area contributed by atoms with E-state index in [1.165, 1.54) is 0 Å². The number of aromatic amines is 1. The van der Waals surface area contributed by atoms with E-state index in [1.54, 1.807) is 0 Å². The fourth-order valence-corrected chi connectivity index (χ4v) is 2.58. The van der Waals surface area contributed by atoms with Gasteiger partial charge in [0.2, 0.25) is 0 Å². The Kier molecular flexibility index (Phi) is 4.83. The van der Waals surface area contributed by atoms with Gasteiger partial charge in [-0.2, -0.15) is 0 Å². The van der Waals surface area contributed by atoms with Gasteiger partial charge in [0.05, 0.1) is 0 Å². The summed E-state index contributed by atoms with van der Waals surface area (Å²) in [7, 11) is 0. The molecule has 2 rings (SSSR count). The number of fused-ring (bicyclic) bond motifs is 1. The summed E-state index contributed by atoms with van der Waals surface area (Å²) in [6.45, 7) is 8.05. The predicted octanol–water partition coefficient (Wildman–Crippen LogP) is 4.07. The molecule has 108 valence electrons. The van der Waals surface area contributed by atoms with E-state index in [2.05, 4.69) is 18.8 Å². The van der Waals surface area contributed by atoms with Gasteiger partial charge < -0.3 is 9.88 Å².